The lowest BCUT2D eigenvalue weighted by molar-refractivity contribution is -0.146. The molecule has 39 heavy (non-hydrogen) atoms. The molecule has 0 saturated heterocycles. The van der Waals surface area contributed by atoms with Crippen LogP contribution in [0.15, 0.2) is 85.1 Å². The smallest absolute Gasteiger partial charge is 0.257 e. The van der Waals surface area contributed by atoms with E-state index >= 15 is 0 Å². The van der Waals surface area contributed by atoms with Gasteiger partial charge in [-0.25, -0.2) is 4.68 Å². The topological polar surface area (TPSA) is 85.7 Å². The first-order chi connectivity index (χ1) is 18.8. The molecule has 4 rings (SSSR count). The average molecular weight is 547 g/mol. The van der Waals surface area contributed by atoms with Gasteiger partial charge in [-0.15, -0.1) is 5.10 Å². The van der Waals surface area contributed by atoms with Gasteiger partial charge in [0.2, 0.25) is 5.91 Å². The van der Waals surface area contributed by atoms with Crippen molar-refractivity contribution in [2.45, 2.75) is 26.0 Å². The van der Waals surface area contributed by atoms with E-state index in [1.54, 1.807) is 22.9 Å². The fourth-order valence-corrected chi connectivity index (χ4v) is 4.49. The first-order valence-electron chi connectivity index (χ1n) is 12.5. The summed E-state index contributed by atoms with van der Waals surface area (Å²) in [5.41, 5.74) is 3.09. The van der Waals surface area contributed by atoms with Gasteiger partial charge in [0.1, 0.15) is 12.3 Å². The molecule has 0 spiro atoms. The van der Waals surface area contributed by atoms with Crippen LogP contribution in [0.2, 0.25) is 5.02 Å². The van der Waals surface area contributed by atoms with Gasteiger partial charge in [0, 0.05) is 24.9 Å². The van der Waals surface area contributed by atoms with E-state index in [0.29, 0.717) is 22.2 Å². The zero-order valence-corrected chi connectivity index (χ0v) is 23.1. The quantitative estimate of drug-likeness (QED) is 0.273. The molecule has 1 atom stereocenters. The molecular formula is C30H31ClN4O4. The lowest BCUT2D eigenvalue weighted by Crippen LogP contribution is -2.45. The van der Waals surface area contributed by atoms with Crippen LogP contribution in [-0.4, -0.2) is 53.3 Å². The number of amides is 2. The first kappa shape index (κ1) is 27.9. The van der Waals surface area contributed by atoms with Gasteiger partial charge in [-0.2, -0.15) is 0 Å². The largest absolute Gasteiger partial charge is 0.495 e. The number of aromatic nitrogens is 2. The Bertz CT molecular complexity index is 1420. The SMILES string of the molecule is COc1ccc(C(OC)C(=O)N(CC(=O)Nc2nn(-c3ccccc3)cc2-c2ccccc2)C(C)C)cc1Cl. The molecule has 202 valence electrons. The third-order valence-corrected chi connectivity index (χ3v) is 6.53. The van der Waals surface area contributed by atoms with E-state index in [4.69, 9.17) is 21.1 Å². The number of para-hydroxylation sites is 1. The molecule has 1 unspecified atom stereocenters. The minimum atomic E-state index is -0.944. The molecule has 8 nitrogen and oxygen atoms in total. The standard InChI is InChI=1S/C30H31ClN4O4/c1-20(2)34(30(37)28(39-4)22-15-16-26(38-3)25(31)17-22)19-27(36)32-29-24(21-11-7-5-8-12-21)18-35(33-29)23-13-9-6-10-14-23/h5-18,20,28H,19H2,1-4H3,(H,32,33,36). The Balaban J connectivity index is 1.58. The zero-order valence-electron chi connectivity index (χ0n) is 22.3. The van der Waals surface area contributed by atoms with Gasteiger partial charge < -0.3 is 19.7 Å². The Kier molecular flexibility index (Phi) is 9.01. The molecule has 0 radical (unpaired) electrons. The molecule has 3 aromatic carbocycles. The lowest BCUT2D eigenvalue weighted by atomic mass is 10.1. The highest BCUT2D eigenvalue weighted by Gasteiger charge is 2.30. The Morgan fingerprint density at radius 1 is 1.00 bits per heavy atom. The van der Waals surface area contributed by atoms with Crippen molar-refractivity contribution in [1.82, 2.24) is 14.7 Å². The molecule has 0 bridgehead atoms. The normalized spacial score (nSPS) is 11.7. The van der Waals surface area contributed by atoms with Crippen molar-refractivity contribution in [3.8, 4) is 22.6 Å². The summed E-state index contributed by atoms with van der Waals surface area (Å²) < 4.78 is 12.5. The maximum atomic E-state index is 13.6. The van der Waals surface area contributed by atoms with E-state index in [-0.39, 0.29) is 24.4 Å². The van der Waals surface area contributed by atoms with Gasteiger partial charge in [0.15, 0.2) is 11.9 Å². The predicted molar refractivity (Wildman–Crippen MR) is 152 cm³/mol. The monoisotopic (exact) mass is 546 g/mol. The molecule has 0 saturated carbocycles. The van der Waals surface area contributed by atoms with Crippen molar-refractivity contribution >= 4 is 29.2 Å². The second-order valence-corrected chi connectivity index (χ2v) is 9.56. The number of hydrogen-bond donors (Lipinski definition) is 1. The van der Waals surface area contributed by atoms with Crippen LogP contribution < -0.4 is 10.1 Å². The number of nitrogens with one attached hydrogen (secondary N) is 1. The van der Waals surface area contributed by atoms with Crippen molar-refractivity contribution in [3.63, 3.8) is 0 Å². The maximum Gasteiger partial charge on any atom is 0.257 e. The summed E-state index contributed by atoms with van der Waals surface area (Å²) >= 11 is 6.29. The van der Waals surface area contributed by atoms with Crippen LogP contribution in [0.4, 0.5) is 5.82 Å². The number of methoxy groups -OCH3 is 2. The Morgan fingerprint density at radius 3 is 2.26 bits per heavy atom. The fourth-order valence-electron chi connectivity index (χ4n) is 4.23. The van der Waals surface area contributed by atoms with Crippen molar-refractivity contribution in [2.75, 3.05) is 26.1 Å². The van der Waals surface area contributed by atoms with E-state index in [0.717, 1.165) is 16.8 Å². The molecule has 0 aliphatic heterocycles. The molecule has 1 N–H and O–H groups in total. The average Bonchev–Trinajstić information content (AvgIpc) is 3.36. The second-order valence-electron chi connectivity index (χ2n) is 9.16. The van der Waals surface area contributed by atoms with E-state index in [1.165, 1.54) is 19.1 Å². The fraction of sp³-hybridized carbons (Fsp3) is 0.233. The number of carbonyl (C=O) groups is 2. The van der Waals surface area contributed by atoms with Crippen molar-refractivity contribution in [2.24, 2.45) is 0 Å². The van der Waals surface area contributed by atoms with Crippen molar-refractivity contribution in [1.29, 1.82) is 0 Å². The third kappa shape index (κ3) is 6.47. The van der Waals surface area contributed by atoms with Crippen molar-refractivity contribution in [3.05, 3.63) is 95.6 Å². The second kappa shape index (κ2) is 12.6. The Labute approximate surface area is 233 Å². The zero-order chi connectivity index (χ0) is 27.9. The molecule has 0 fully saturated rings. The number of ether oxygens (including phenoxy) is 2. The molecule has 1 heterocycles. The summed E-state index contributed by atoms with van der Waals surface area (Å²) in [4.78, 5) is 28.4. The van der Waals surface area contributed by atoms with Gasteiger partial charge in [-0.3, -0.25) is 9.59 Å². The highest BCUT2D eigenvalue weighted by Crippen LogP contribution is 2.31. The van der Waals surface area contributed by atoms with Gasteiger partial charge in [-0.1, -0.05) is 66.2 Å². The van der Waals surface area contributed by atoms with Gasteiger partial charge in [-0.05, 0) is 49.2 Å². The van der Waals surface area contributed by atoms with E-state index < -0.39 is 6.10 Å². The van der Waals surface area contributed by atoms with E-state index in [9.17, 15) is 9.59 Å². The highest BCUT2D eigenvalue weighted by atomic mass is 35.5. The number of benzene rings is 3. The summed E-state index contributed by atoms with van der Waals surface area (Å²) in [5.74, 6) is 0.153. The highest BCUT2D eigenvalue weighted by molar-refractivity contribution is 6.32. The maximum absolute atomic E-state index is 13.6. The van der Waals surface area contributed by atoms with Gasteiger partial charge >= 0.3 is 0 Å². The molecule has 1 aromatic heterocycles. The van der Waals surface area contributed by atoms with Crippen LogP contribution in [0.1, 0.15) is 25.5 Å². The summed E-state index contributed by atoms with van der Waals surface area (Å²) in [6, 6.07) is 24.1. The number of hydrogen-bond acceptors (Lipinski definition) is 5. The van der Waals surface area contributed by atoms with Crippen LogP contribution in [-0.2, 0) is 14.3 Å². The van der Waals surface area contributed by atoms with Crippen LogP contribution >= 0.6 is 11.6 Å². The number of carbonyl (C=O) groups excluding carboxylic acids is 2. The van der Waals surface area contributed by atoms with Gasteiger partial charge in [0.05, 0.1) is 17.8 Å². The molecule has 0 aliphatic rings. The number of rotatable bonds is 10. The van der Waals surface area contributed by atoms with Gasteiger partial charge in [0.25, 0.3) is 5.91 Å². The molecule has 4 aromatic rings. The molecule has 0 aliphatic carbocycles. The minimum absolute atomic E-state index is 0.188. The van der Waals surface area contributed by atoms with Crippen molar-refractivity contribution < 1.29 is 19.1 Å². The Morgan fingerprint density at radius 2 is 1.67 bits per heavy atom. The summed E-state index contributed by atoms with van der Waals surface area (Å²) in [6.45, 7) is 3.50. The van der Waals surface area contributed by atoms with Crippen LogP contribution in [0.5, 0.6) is 5.75 Å². The first-order valence-corrected chi connectivity index (χ1v) is 12.9. The van der Waals surface area contributed by atoms with E-state index in [2.05, 4.69) is 10.4 Å². The molecular weight excluding hydrogens is 516 g/mol. The number of halogens is 1. The summed E-state index contributed by atoms with van der Waals surface area (Å²) in [5, 5.41) is 7.93. The third-order valence-electron chi connectivity index (χ3n) is 6.24. The number of anilines is 1. The number of nitrogens with zero attached hydrogens (tertiary/aromatic N) is 3. The molecule has 9 heteroatoms. The minimum Gasteiger partial charge on any atom is -0.495 e. The Hall–Kier alpha value is -4.14. The van der Waals surface area contributed by atoms with Crippen LogP contribution in [0.25, 0.3) is 16.8 Å². The van der Waals surface area contributed by atoms with E-state index in [1.807, 2.05) is 80.7 Å². The summed E-state index contributed by atoms with van der Waals surface area (Å²) in [7, 11) is 2.96. The predicted octanol–water partition coefficient (Wildman–Crippen LogP) is 5.76. The van der Waals surface area contributed by atoms with Crippen LogP contribution in [0.3, 0.4) is 0 Å². The molecule has 2 amide bonds. The lowest BCUT2D eigenvalue weighted by Gasteiger charge is -2.29. The van der Waals surface area contributed by atoms with Crippen LogP contribution in [0, 0.1) is 0 Å². The summed E-state index contributed by atoms with van der Waals surface area (Å²) in [6.07, 6.45) is 0.931.